The fraction of sp³-hybridized carbons (Fsp3) is 0.923. The number of amides is 1. The van der Waals surface area contributed by atoms with Crippen LogP contribution in [0.2, 0.25) is 0 Å². The molecule has 0 aromatic carbocycles. The molecule has 1 aliphatic carbocycles. The first-order valence-corrected chi connectivity index (χ1v) is 6.57. The third-order valence-electron chi connectivity index (χ3n) is 3.61. The molecule has 16 heavy (non-hydrogen) atoms. The first kappa shape index (κ1) is 13.5. The van der Waals surface area contributed by atoms with Gasteiger partial charge in [-0.25, -0.2) is 0 Å². The van der Waals surface area contributed by atoms with Crippen molar-refractivity contribution in [3.05, 3.63) is 0 Å². The molecule has 3 nitrogen and oxygen atoms in total. The van der Waals surface area contributed by atoms with Crippen LogP contribution in [0.15, 0.2) is 0 Å². The van der Waals surface area contributed by atoms with Crippen LogP contribution >= 0.6 is 0 Å². The maximum atomic E-state index is 12.0. The summed E-state index contributed by atoms with van der Waals surface area (Å²) >= 11 is 0. The van der Waals surface area contributed by atoms with Crippen molar-refractivity contribution in [2.24, 2.45) is 17.8 Å². The molecule has 1 saturated carbocycles. The average molecular weight is 226 g/mol. The average Bonchev–Trinajstić information content (AvgIpc) is 2.75. The van der Waals surface area contributed by atoms with Gasteiger partial charge in [-0.05, 0) is 31.7 Å². The Morgan fingerprint density at radius 1 is 1.31 bits per heavy atom. The van der Waals surface area contributed by atoms with E-state index in [1.165, 1.54) is 25.7 Å². The van der Waals surface area contributed by atoms with Gasteiger partial charge in [0.15, 0.2) is 0 Å². The zero-order valence-corrected chi connectivity index (χ0v) is 10.9. The predicted molar refractivity (Wildman–Crippen MR) is 67.2 cm³/mol. The molecule has 0 aromatic heterocycles. The van der Waals surface area contributed by atoms with Gasteiger partial charge in [-0.3, -0.25) is 4.79 Å². The molecule has 2 N–H and O–H groups in total. The van der Waals surface area contributed by atoms with E-state index in [1.54, 1.807) is 0 Å². The Labute approximate surface area is 99.4 Å². The van der Waals surface area contributed by atoms with Crippen LogP contribution in [-0.2, 0) is 4.79 Å². The standard InChI is InChI=1S/C13H26N2O/c1-10(2)12(9-14-3)13(16)15-8-11-6-4-5-7-11/h10-12,14H,4-9H2,1-3H3,(H,15,16). The number of carbonyl (C=O) groups excluding carboxylic acids is 1. The van der Waals surface area contributed by atoms with E-state index in [2.05, 4.69) is 24.5 Å². The van der Waals surface area contributed by atoms with E-state index in [0.717, 1.165) is 19.0 Å². The largest absolute Gasteiger partial charge is 0.356 e. The van der Waals surface area contributed by atoms with Crippen molar-refractivity contribution in [1.29, 1.82) is 0 Å². The summed E-state index contributed by atoms with van der Waals surface area (Å²) in [5, 5.41) is 6.21. The van der Waals surface area contributed by atoms with Crippen molar-refractivity contribution < 1.29 is 4.79 Å². The molecule has 0 aromatic rings. The van der Waals surface area contributed by atoms with Gasteiger partial charge in [0.2, 0.25) is 5.91 Å². The molecule has 1 fully saturated rings. The summed E-state index contributed by atoms with van der Waals surface area (Å²) in [6.07, 6.45) is 5.26. The molecule has 3 heteroatoms. The lowest BCUT2D eigenvalue weighted by atomic mass is 9.94. The Bertz CT molecular complexity index is 210. The molecule has 1 aliphatic rings. The highest BCUT2D eigenvalue weighted by molar-refractivity contribution is 5.79. The molecular weight excluding hydrogens is 200 g/mol. The molecule has 94 valence electrons. The van der Waals surface area contributed by atoms with Gasteiger partial charge in [-0.1, -0.05) is 26.7 Å². The maximum Gasteiger partial charge on any atom is 0.224 e. The first-order chi connectivity index (χ1) is 7.65. The van der Waals surface area contributed by atoms with Crippen molar-refractivity contribution in [2.45, 2.75) is 39.5 Å². The maximum absolute atomic E-state index is 12.0. The lowest BCUT2D eigenvalue weighted by Gasteiger charge is -2.21. The van der Waals surface area contributed by atoms with E-state index < -0.39 is 0 Å². The number of hydrogen-bond donors (Lipinski definition) is 2. The van der Waals surface area contributed by atoms with Gasteiger partial charge in [-0.15, -0.1) is 0 Å². The van der Waals surface area contributed by atoms with Crippen molar-refractivity contribution >= 4 is 5.91 Å². The molecule has 0 radical (unpaired) electrons. The molecule has 1 amide bonds. The normalized spacial score (nSPS) is 19.0. The minimum absolute atomic E-state index is 0.103. The van der Waals surface area contributed by atoms with Crippen LogP contribution in [0.4, 0.5) is 0 Å². The second-order valence-corrected chi connectivity index (χ2v) is 5.30. The van der Waals surface area contributed by atoms with Gasteiger partial charge in [0.1, 0.15) is 0 Å². The van der Waals surface area contributed by atoms with Crippen LogP contribution < -0.4 is 10.6 Å². The van der Waals surface area contributed by atoms with E-state index in [0.29, 0.717) is 5.92 Å². The molecule has 1 rings (SSSR count). The molecular formula is C13H26N2O. The zero-order valence-electron chi connectivity index (χ0n) is 10.9. The summed E-state index contributed by atoms with van der Waals surface area (Å²) < 4.78 is 0. The van der Waals surface area contributed by atoms with Crippen LogP contribution in [0, 0.1) is 17.8 Å². The molecule has 0 heterocycles. The SMILES string of the molecule is CNCC(C(=O)NCC1CCCC1)C(C)C. The van der Waals surface area contributed by atoms with Crippen LogP contribution in [0.5, 0.6) is 0 Å². The molecule has 1 atom stereocenters. The van der Waals surface area contributed by atoms with E-state index in [9.17, 15) is 4.79 Å². The third kappa shape index (κ3) is 4.12. The molecule has 0 aliphatic heterocycles. The van der Waals surface area contributed by atoms with Crippen molar-refractivity contribution in [3.63, 3.8) is 0 Å². The second-order valence-electron chi connectivity index (χ2n) is 5.30. The Morgan fingerprint density at radius 3 is 2.44 bits per heavy atom. The van der Waals surface area contributed by atoms with Crippen molar-refractivity contribution in [1.82, 2.24) is 10.6 Å². The summed E-state index contributed by atoms with van der Waals surface area (Å²) in [7, 11) is 1.90. The predicted octanol–water partition coefficient (Wildman–Crippen LogP) is 1.78. The van der Waals surface area contributed by atoms with Gasteiger partial charge in [0, 0.05) is 13.1 Å². The van der Waals surface area contributed by atoms with Gasteiger partial charge in [0.25, 0.3) is 0 Å². The highest BCUT2D eigenvalue weighted by Gasteiger charge is 2.22. The second kappa shape index (κ2) is 6.89. The van der Waals surface area contributed by atoms with Gasteiger partial charge >= 0.3 is 0 Å². The number of rotatable bonds is 6. The summed E-state index contributed by atoms with van der Waals surface area (Å²) in [6.45, 7) is 5.87. The Hall–Kier alpha value is -0.570. The highest BCUT2D eigenvalue weighted by atomic mass is 16.1. The fourth-order valence-corrected chi connectivity index (χ4v) is 2.44. The minimum atomic E-state index is 0.103. The summed E-state index contributed by atoms with van der Waals surface area (Å²) in [4.78, 5) is 12.0. The number of nitrogens with one attached hydrogen (secondary N) is 2. The Kier molecular flexibility index (Phi) is 5.81. The lowest BCUT2D eigenvalue weighted by Crippen LogP contribution is -2.40. The monoisotopic (exact) mass is 226 g/mol. The van der Waals surface area contributed by atoms with Gasteiger partial charge in [-0.2, -0.15) is 0 Å². The number of hydrogen-bond acceptors (Lipinski definition) is 2. The summed E-state index contributed by atoms with van der Waals surface area (Å²) in [5.41, 5.74) is 0. The summed E-state index contributed by atoms with van der Waals surface area (Å²) in [6, 6.07) is 0. The Morgan fingerprint density at radius 2 is 1.94 bits per heavy atom. The van der Waals surface area contributed by atoms with Gasteiger partial charge < -0.3 is 10.6 Å². The Balaban J connectivity index is 2.30. The smallest absolute Gasteiger partial charge is 0.224 e. The molecule has 0 spiro atoms. The zero-order chi connectivity index (χ0) is 12.0. The van der Waals surface area contributed by atoms with E-state index in [1.807, 2.05) is 7.05 Å². The van der Waals surface area contributed by atoms with E-state index >= 15 is 0 Å². The van der Waals surface area contributed by atoms with Gasteiger partial charge in [0.05, 0.1) is 5.92 Å². The minimum Gasteiger partial charge on any atom is -0.356 e. The molecule has 0 saturated heterocycles. The van der Waals surface area contributed by atoms with Crippen molar-refractivity contribution in [2.75, 3.05) is 20.1 Å². The van der Waals surface area contributed by atoms with E-state index in [4.69, 9.17) is 0 Å². The van der Waals surface area contributed by atoms with Crippen LogP contribution in [0.25, 0.3) is 0 Å². The quantitative estimate of drug-likeness (QED) is 0.725. The highest BCUT2D eigenvalue weighted by Crippen LogP contribution is 2.23. The first-order valence-electron chi connectivity index (χ1n) is 6.57. The fourth-order valence-electron chi connectivity index (χ4n) is 2.44. The third-order valence-corrected chi connectivity index (χ3v) is 3.61. The van der Waals surface area contributed by atoms with Crippen molar-refractivity contribution in [3.8, 4) is 0 Å². The van der Waals surface area contributed by atoms with Crippen LogP contribution in [-0.4, -0.2) is 26.0 Å². The van der Waals surface area contributed by atoms with Crippen LogP contribution in [0.1, 0.15) is 39.5 Å². The lowest BCUT2D eigenvalue weighted by molar-refractivity contribution is -0.126. The van der Waals surface area contributed by atoms with Crippen LogP contribution in [0.3, 0.4) is 0 Å². The topological polar surface area (TPSA) is 41.1 Å². The number of carbonyl (C=O) groups is 1. The molecule has 0 bridgehead atoms. The summed E-state index contributed by atoms with van der Waals surface area (Å²) in [5.74, 6) is 1.45. The van der Waals surface area contributed by atoms with E-state index in [-0.39, 0.29) is 11.8 Å². The molecule has 1 unspecified atom stereocenters.